The van der Waals surface area contributed by atoms with E-state index in [1.54, 1.807) is 23.5 Å². The van der Waals surface area contributed by atoms with E-state index < -0.39 is 0 Å². The van der Waals surface area contributed by atoms with E-state index in [0.29, 0.717) is 5.92 Å². The lowest BCUT2D eigenvalue weighted by Gasteiger charge is -2.18. The van der Waals surface area contributed by atoms with Gasteiger partial charge in [0, 0.05) is 30.5 Å². The fourth-order valence-electron chi connectivity index (χ4n) is 2.18. The predicted molar refractivity (Wildman–Crippen MR) is 82.7 cm³/mol. The summed E-state index contributed by atoms with van der Waals surface area (Å²) < 4.78 is 13.4. The van der Waals surface area contributed by atoms with Crippen LogP contribution >= 0.6 is 11.3 Å². The molecule has 0 amide bonds. The second kappa shape index (κ2) is 7.50. The van der Waals surface area contributed by atoms with E-state index in [1.807, 2.05) is 17.6 Å². The number of aromatic nitrogens is 1. The zero-order valence-corrected chi connectivity index (χ0v) is 12.8. The Morgan fingerprint density at radius 3 is 2.80 bits per heavy atom. The molecule has 0 aliphatic heterocycles. The highest BCUT2D eigenvalue weighted by atomic mass is 32.1. The van der Waals surface area contributed by atoms with Crippen molar-refractivity contribution < 1.29 is 4.39 Å². The van der Waals surface area contributed by atoms with E-state index in [-0.39, 0.29) is 11.7 Å². The first kappa shape index (κ1) is 15.1. The van der Waals surface area contributed by atoms with Crippen molar-refractivity contribution in [2.24, 2.45) is 5.92 Å². The van der Waals surface area contributed by atoms with Gasteiger partial charge in [0.15, 0.2) is 0 Å². The average Bonchev–Trinajstić information content (AvgIpc) is 2.90. The van der Waals surface area contributed by atoms with Crippen LogP contribution in [0.3, 0.4) is 0 Å². The summed E-state index contributed by atoms with van der Waals surface area (Å²) in [4.78, 5) is 4.34. The molecule has 0 radical (unpaired) electrons. The molecule has 2 nitrogen and oxygen atoms in total. The largest absolute Gasteiger partial charge is 0.316 e. The lowest BCUT2D eigenvalue weighted by Crippen LogP contribution is -2.26. The van der Waals surface area contributed by atoms with E-state index in [9.17, 15) is 4.39 Å². The molecule has 0 spiro atoms. The first-order valence-corrected chi connectivity index (χ1v) is 7.87. The summed E-state index contributed by atoms with van der Waals surface area (Å²) in [6.07, 6.45) is 2.68. The van der Waals surface area contributed by atoms with Gasteiger partial charge in [0.2, 0.25) is 0 Å². The quantitative estimate of drug-likeness (QED) is 0.838. The molecular weight excluding hydrogens is 271 g/mol. The van der Waals surface area contributed by atoms with Crippen molar-refractivity contribution in [2.75, 3.05) is 13.1 Å². The van der Waals surface area contributed by atoms with Gasteiger partial charge in [-0.25, -0.2) is 9.37 Å². The van der Waals surface area contributed by atoms with Gasteiger partial charge in [-0.1, -0.05) is 26.0 Å². The van der Waals surface area contributed by atoms with E-state index in [1.165, 1.54) is 6.07 Å². The van der Waals surface area contributed by atoms with Crippen LogP contribution in [0.5, 0.6) is 0 Å². The van der Waals surface area contributed by atoms with Gasteiger partial charge in [0.05, 0.1) is 5.01 Å². The first-order valence-electron chi connectivity index (χ1n) is 6.99. The van der Waals surface area contributed by atoms with Crippen molar-refractivity contribution in [1.82, 2.24) is 10.3 Å². The van der Waals surface area contributed by atoms with Crippen molar-refractivity contribution in [1.29, 1.82) is 0 Å². The topological polar surface area (TPSA) is 24.9 Å². The Morgan fingerprint density at radius 1 is 1.30 bits per heavy atom. The highest BCUT2D eigenvalue weighted by Gasteiger charge is 2.14. The lowest BCUT2D eigenvalue weighted by atomic mass is 9.95. The van der Waals surface area contributed by atoms with Crippen LogP contribution in [0.25, 0.3) is 0 Å². The van der Waals surface area contributed by atoms with Gasteiger partial charge < -0.3 is 5.32 Å². The zero-order chi connectivity index (χ0) is 14.4. The number of thiazole rings is 1. The van der Waals surface area contributed by atoms with Gasteiger partial charge in [-0.3, -0.25) is 0 Å². The maximum Gasteiger partial charge on any atom is 0.123 e. The Balaban J connectivity index is 2.06. The third-order valence-corrected chi connectivity index (χ3v) is 3.97. The Labute approximate surface area is 124 Å². The summed E-state index contributed by atoms with van der Waals surface area (Å²) >= 11 is 1.66. The van der Waals surface area contributed by atoms with Crippen LogP contribution in [-0.2, 0) is 6.42 Å². The zero-order valence-electron chi connectivity index (χ0n) is 12.0. The number of nitrogens with one attached hydrogen (secondary N) is 1. The molecule has 0 saturated heterocycles. The Morgan fingerprint density at radius 2 is 2.15 bits per heavy atom. The number of hydrogen-bond acceptors (Lipinski definition) is 3. The molecular formula is C16H21FN2S. The minimum Gasteiger partial charge on any atom is -0.316 e. The molecule has 1 atom stereocenters. The molecule has 2 rings (SSSR count). The molecule has 0 aliphatic carbocycles. The van der Waals surface area contributed by atoms with Crippen LogP contribution in [0, 0.1) is 11.7 Å². The van der Waals surface area contributed by atoms with Crippen molar-refractivity contribution in [3.63, 3.8) is 0 Å². The number of benzene rings is 1. The molecule has 0 fully saturated rings. The molecule has 1 aromatic carbocycles. The number of halogens is 1. The van der Waals surface area contributed by atoms with E-state index in [4.69, 9.17) is 0 Å². The molecule has 2 aromatic rings. The predicted octanol–water partition coefficient (Wildman–Crippen LogP) is 3.85. The number of hydrogen-bond donors (Lipinski definition) is 1. The van der Waals surface area contributed by atoms with Gasteiger partial charge in [-0.15, -0.1) is 11.3 Å². The van der Waals surface area contributed by atoms with Crippen molar-refractivity contribution in [3.8, 4) is 0 Å². The summed E-state index contributed by atoms with van der Waals surface area (Å²) in [5.74, 6) is 0.703. The van der Waals surface area contributed by atoms with E-state index >= 15 is 0 Å². The Bertz CT molecular complexity index is 511. The third-order valence-electron chi connectivity index (χ3n) is 3.17. The number of nitrogens with zero attached hydrogens (tertiary/aromatic N) is 1. The fourth-order valence-corrected chi connectivity index (χ4v) is 2.88. The summed E-state index contributed by atoms with van der Waals surface area (Å²) in [6, 6.07) is 6.90. The fraction of sp³-hybridized carbons (Fsp3) is 0.438. The maximum absolute atomic E-state index is 13.4. The van der Waals surface area contributed by atoms with Gasteiger partial charge in [0.1, 0.15) is 5.82 Å². The minimum absolute atomic E-state index is 0.171. The van der Waals surface area contributed by atoms with Gasteiger partial charge in [-0.05, 0) is 30.2 Å². The molecule has 0 saturated carbocycles. The summed E-state index contributed by atoms with van der Waals surface area (Å²) in [5, 5.41) is 6.56. The highest BCUT2D eigenvalue weighted by molar-refractivity contribution is 7.09. The summed E-state index contributed by atoms with van der Waals surface area (Å²) in [6.45, 7) is 6.20. The third kappa shape index (κ3) is 4.69. The second-order valence-electron chi connectivity index (χ2n) is 5.43. The van der Waals surface area contributed by atoms with E-state index in [0.717, 1.165) is 30.1 Å². The first-order chi connectivity index (χ1) is 9.65. The second-order valence-corrected chi connectivity index (χ2v) is 6.41. The maximum atomic E-state index is 13.4. The van der Waals surface area contributed by atoms with E-state index in [2.05, 4.69) is 24.1 Å². The van der Waals surface area contributed by atoms with Crippen LogP contribution in [-0.4, -0.2) is 18.1 Å². The van der Waals surface area contributed by atoms with Gasteiger partial charge in [-0.2, -0.15) is 0 Å². The molecule has 1 unspecified atom stereocenters. The van der Waals surface area contributed by atoms with Crippen LogP contribution < -0.4 is 5.32 Å². The summed E-state index contributed by atoms with van der Waals surface area (Å²) in [7, 11) is 0. The smallest absolute Gasteiger partial charge is 0.123 e. The monoisotopic (exact) mass is 292 g/mol. The number of rotatable bonds is 7. The Kier molecular flexibility index (Phi) is 5.68. The van der Waals surface area contributed by atoms with Gasteiger partial charge in [0.25, 0.3) is 0 Å². The molecule has 108 valence electrons. The minimum atomic E-state index is -0.171. The summed E-state index contributed by atoms with van der Waals surface area (Å²) in [5.41, 5.74) is 1.04. The van der Waals surface area contributed by atoms with Gasteiger partial charge >= 0.3 is 0 Å². The molecule has 1 N–H and O–H groups in total. The molecule has 0 aliphatic rings. The van der Waals surface area contributed by atoms with Crippen LogP contribution in [0.1, 0.15) is 30.3 Å². The van der Waals surface area contributed by atoms with Crippen molar-refractivity contribution in [2.45, 2.75) is 26.2 Å². The molecule has 0 bridgehead atoms. The van der Waals surface area contributed by atoms with Crippen LogP contribution in [0.2, 0.25) is 0 Å². The van der Waals surface area contributed by atoms with Crippen molar-refractivity contribution >= 4 is 11.3 Å². The molecule has 1 aromatic heterocycles. The molecule has 1 heterocycles. The molecule has 4 heteroatoms. The average molecular weight is 292 g/mol. The standard InChI is InChI=1S/C16H21FN2S/c1-12(2)10-18-11-14(9-16-19-6-7-20-16)13-4-3-5-15(17)8-13/h3-8,12,14,18H,9-11H2,1-2H3. The Hall–Kier alpha value is -1.26. The molecule has 20 heavy (non-hydrogen) atoms. The highest BCUT2D eigenvalue weighted by Crippen LogP contribution is 2.22. The lowest BCUT2D eigenvalue weighted by molar-refractivity contribution is 0.512. The SMILES string of the molecule is CC(C)CNCC(Cc1nccs1)c1cccc(F)c1. The van der Waals surface area contributed by atoms with Crippen LogP contribution in [0.4, 0.5) is 4.39 Å². The van der Waals surface area contributed by atoms with Crippen LogP contribution in [0.15, 0.2) is 35.8 Å². The normalized spacial score (nSPS) is 12.8. The van der Waals surface area contributed by atoms with Crippen molar-refractivity contribution in [3.05, 3.63) is 52.2 Å².